The van der Waals surface area contributed by atoms with E-state index in [1.54, 1.807) is 6.92 Å². The van der Waals surface area contributed by atoms with Gasteiger partial charge in [-0.3, -0.25) is 4.72 Å². The molecule has 1 fully saturated rings. The number of hydrogen-bond donors (Lipinski definition) is 2. The third-order valence-corrected chi connectivity index (χ3v) is 6.02. The molecular weight excluding hydrogens is 330 g/mol. The molecule has 3 rings (SSSR count). The summed E-state index contributed by atoms with van der Waals surface area (Å²) >= 11 is 7.28. The lowest BCUT2D eigenvalue weighted by atomic mass is 10.2. The zero-order valence-electron chi connectivity index (χ0n) is 11.3. The molecule has 0 amide bonds. The molecule has 0 saturated heterocycles. The molecule has 21 heavy (non-hydrogen) atoms. The van der Waals surface area contributed by atoms with E-state index in [1.807, 2.05) is 5.38 Å². The molecule has 1 saturated carbocycles. The van der Waals surface area contributed by atoms with E-state index < -0.39 is 10.0 Å². The van der Waals surface area contributed by atoms with Crippen LogP contribution in [-0.2, 0) is 10.0 Å². The third-order valence-electron chi connectivity index (χ3n) is 3.41. The number of rotatable bonds is 4. The van der Waals surface area contributed by atoms with Gasteiger partial charge in [-0.2, -0.15) is 0 Å². The maximum atomic E-state index is 12.4. The Morgan fingerprint density at radius 1 is 1.43 bits per heavy atom. The zero-order chi connectivity index (χ0) is 15.2. The minimum atomic E-state index is -3.73. The Labute approximate surface area is 132 Å². The summed E-state index contributed by atoms with van der Waals surface area (Å²) in [5.74, 6) is 0.490. The van der Waals surface area contributed by atoms with Gasteiger partial charge in [0, 0.05) is 22.0 Å². The third kappa shape index (κ3) is 3.00. The van der Waals surface area contributed by atoms with Crippen molar-refractivity contribution in [3.63, 3.8) is 0 Å². The van der Waals surface area contributed by atoms with Crippen LogP contribution >= 0.6 is 22.9 Å². The van der Waals surface area contributed by atoms with E-state index in [4.69, 9.17) is 17.3 Å². The molecule has 2 aromatic rings. The Morgan fingerprint density at radius 3 is 2.76 bits per heavy atom. The number of nitrogens with one attached hydrogen (secondary N) is 1. The van der Waals surface area contributed by atoms with Crippen LogP contribution < -0.4 is 10.5 Å². The number of aromatic nitrogens is 1. The fraction of sp³-hybridized carbons (Fsp3) is 0.308. The van der Waals surface area contributed by atoms with Crippen LogP contribution in [0.2, 0.25) is 5.02 Å². The van der Waals surface area contributed by atoms with Crippen molar-refractivity contribution >= 4 is 43.8 Å². The van der Waals surface area contributed by atoms with E-state index in [0.717, 1.165) is 18.5 Å². The molecule has 1 aliphatic carbocycles. The molecule has 1 aromatic heterocycles. The molecule has 0 aliphatic heterocycles. The van der Waals surface area contributed by atoms with Crippen molar-refractivity contribution in [1.29, 1.82) is 0 Å². The Kier molecular flexibility index (Phi) is 3.59. The van der Waals surface area contributed by atoms with Gasteiger partial charge in [-0.25, -0.2) is 13.4 Å². The SMILES string of the molecule is Cc1c(N)cc(S(=O)(=O)Nc2nc(C3CC3)cs2)cc1Cl. The first-order chi connectivity index (χ1) is 9.87. The number of thiazole rings is 1. The van der Waals surface area contributed by atoms with E-state index in [2.05, 4.69) is 9.71 Å². The molecule has 0 atom stereocenters. The molecule has 0 bridgehead atoms. The quantitative estimate of drug-likeness (QED) is 0.833. The Hall–Kier alpha value is -1.31. The van der Waals surface area contributed by atoms with Gasteiger partial charge in [0.05, 0.1) is 10.6 Å². The summed E-state index contributed by atoms with van der Waals surface area (Å²) in [6.07, 6.45) is 2.25. The molecule has 5 nitrogen and oxygen atoms in total. The molecule has 0 spiro atoms. The zero-order valence-corrected chi connectivity index (χ0v) is 13.6. The van der Waals surface area contributed by atoms with Gasteiger partial charge >= 0.3 is 0 Å². The number of sulfonamides is 1. The van der Waals surface area contributed by atoms with Crippen LogP contribution in [0.15, 0.2) is 22.4 Å². The van der Waals surface area contributed by atoms with Crippen LogP contribution in [0.5, 0.6) is 0 Å². The largest absolute Gasteiger partial charge is 0.398 e. The lowest BCUT2D eigenvalue weighted by Crippen LogP contribution is -2.13. The lowest BCUT2D eigenvalue weighted by Gasteiger charge is -2.09. The fourth-order valence-corrected chi connectivity index (χ4v) is 4.30. The Bertz CT molecular complexity index is 774. The van der Waals surface area contributed by atoms with Crippen molar-refractivity contribution in [3.8, 4) is 0 Å². The summed E-state index contributed by atoms with van der Waals surface area (Å²) in [5.41, 5.74) is 7.75. The lowest BCUT2D eigenvalue weighted by molar-refractivity contribution is 0.601. The number of anilines is 2. The second kappa shape index (κ2) is 5.15. The first kappa shape index (κ1) is 14.6. The summed E-state index contributed by atoms with van der Waals surface area (Å²) in [6.45, 7) is 1.74. The van der Waals surface area contributed by atoms with Crippen LogP contribution in [0.3, 0.4) is 0 Å². The Balaban J connectivity index is 1.88. The first-order valence-corrected chi connectivity index (χ1v) is 9.15. The number of nitrogen functional groups attached to an aromatic ring is 1. The molecule has 0 radical (unpaired) electrons. The molecule has 1 heterocycles. The van der Waals surface area contributed by atoms with E-state index >= 15 is 0 Å². The van der Waals surface area contributed by atoms with Gasteiger partial charge in [-0.05, 0) is 37.5 Å². The monoisotopic (exact) mass is 343 g/mol. The van der Waals surface area contributed by atoms with E-state index in [9.17, 15) is 8.42 Å². The highest BCUT2D eigenvalue weighted by Gasteiger charge is 2.27. The highest BCUT2D eigenvalue weighted by molar-refractivity contribution is 7.93. The summed E-state index contributed by atoms with van der Waals surface area (Å²) in [4.78, 5) is 4.35. The van der Waals surface area contributed by atoms with Gasteiger partial charge in [0.15, 0.2) is 5.13 Å². The molecule has 0 unspecified atom stereocenters. The number of nitrogens with two attached hydrogens (primary N) is 1. The maximum absolute atomic E-state index is 12.4. The molecule has 3 N–H and O–H groups in total. The van der Waals surface area contributed by atoms with Gasteiger partial charge in [0.25, 0.3) is 10.0 Å². The fourth-order valence-electron chi connectivity index (χ4n) is 1.90. The van der Waals surface area contributed by atoms with Crippen molar-refractivity contribution < 1.29 is 8.42 Å². The van der Waals surface area contributed by atoms with Crippen molar-refractivity contribution in [2.75, 3.05) is 10.5 Å². The highest BCUT2D eigenvalue weighted by atomic mass is 35.5. The van der Waals surface area contributed by atoms with Crippen molar-refractivity contribution in [3.05, 3.63) is 33.8 Å². The van der Waals surface area contributed by atoms with E-state index in [0.29, 0.717) is 27.3 Å². The summed E-state index contributed by atoms with van der Waals surface area (Å²) in [7, 11) is -3.73. The standard InChI is InChI=1S/C13H14ClN3O2S2/c1-7-10(14)4-9(5-11(7)15)21(18,19)17-13-16-12(6-20-13)8-2-3-8/h4-6,8H,2-3,15H2,1H3,(H,16,17). The second-order valence-electron chi connectivity index (χ2n) is 5.08. The number of halogens is 1. The molecular formula is C13H14ClN3O2S2. The van der Waals surface area contributed by atoms with Crippen molar-refractivity contribution in [1.82, 2.24) is 4.98 Å². The summed E-state index contributed by atoms with van der Waals surface area (Å²) < 4.78 is 27.2. The molecule has 1 aliphatic rings. The summed E-state index contributed by atoms with van der Waals surface area (Å²) in [5, 5.41) is 2.59. The number of benzene rings is 1. The average molecular weight is 344 g/mol. The highest BCUT2D eigenvalue weighted by Crippen LogP contribution is 2.41. The van der Waals surface area contributed by atoms with Gasteiger partial charge in [0.2, 0.25) is 0 Å². The van der Waals surface area contributed by atoms with Crippen molar-refractivity contribution in [2.45, 2.75) is 30.6 Å². The predicted molar refractivity (Wildman–Crippen MR) is 85.5 cm³/mol. The van der Waals surface area contributed by atoms with Crippen LogP contribution in [0.25, 0.3) is 0 Å². The van der Waals surface area contributed by atoms with Crippen LogP contribution in [0, 0.1) is 6.92 Å². The normalized spacial score (nSPS) is 15.1. The minimum absolute atomic E-state index is 0.0405. The van der Waals surface area contributed by atoms with Crippen molar-refractivity contribution in [2.24, 2.45) is 0 Å². The van der Waals surface area contributed by atoms with Gasteiger partial charge < -0.3 is 5.73 Å². The maximum Gasteiger partial charge on any atom is 0.263 e. The second-order valence-corrected chi connectivity index (χ2v) is 8.02. The first-order valence-electron chi connectivity index (χ1n) is 6.40. The van der Waals surface area contributed by atoms with Gasteiger partial charge in [0.1, 0.15) is 0 Å². The van der Waals surface area contributed by atoms with Crippen LogP contribution in [-0.4, -0.2) is 13.4 Å². The van der Waals surface area contributed by atoms with Gasteiger partial charge in [-0.1, -0.05) is 11.6 Å². The summed E-state index contributed by atoms with van der Waals surface area (Å²) in [6, 6.07) is 2.80. The number of hydrogen-bond acceptors (Lipinski definition) is 5. The van der Waals surface area contributed by atoms with E-state index in [-0.39, 0.29) is 4.90 Å². The van der Waals surface area contributed by atoms with Crippen LogP contribution in [0.4, 0.5) is 10.8 Å². The molecule has 1 aromatic carbocycles. The minimum Gasteiger partial charge on any atom is -0.398 e. The topological polar surface area (TPSA) is 85.1 Å². The van der Waals surface area contributed by atoms with E-state index in [1.165, 1.54) is 23.5 Å². The van der Waals surface area contributed by atoms with Crippen LogP contribution in [0.1, 0.15) is 30.0 Å². The Morgan fingerprint density at radius 2 is 2.14 bits per heavy atom. The number of nitrogens with zero attached hydrogens (tertiary/aromatic N) is 1. The molecule has 8 heteroatoms. The smallest absolute Gasteiger partial charge is 0.263 e. The predicted octanol–water partition coefficient (Wildman–Crippen LogP) is 3.37. The molecule has 112 valence electrons. The average Bonchev–Trinajstić information content (AvgIpc) is 3.16. The van der Waals surface area contributed by atoms with Gasteiger partial charge in [-0.15, -0.1) is 11.3 Å².